The SMILES string of the molecule is CC=O.F.F.O=[SH](=O)F. The van der Waals surface area contributed by atoms with Gasteiger partial charge in [0.1, 0.15) is 6.29 Å². The molecule has 0 bridgehead atoms. The summed E-state index contributed by atoms with van der Waals surface area (Å²) in [6.07, 6.45) is 0.750. The van der Waals surface area contributed by atoms with Crippen molar-refractivity contribution < 1.29 is 26.5 Å². The van der Waals surface area contributed by atoms with Crippen LogP contribution in [0.4, 0.5) is 13.3 Å². The minimum Gasteiger partial charge on any atom is -0.304 e. The summed E-state index contributed by atoms with van der Waals surface area (Å²) in [5, 5.41) is 0. The molecule has 0 spiro atoms. The predicted molar refractivity (Wildman–Crippen MR) is 28.2 cm³/mol. The highest BCUT2D eigenvalue weighted by atomic mass is 32.2. The summed E-state index contributed by atoms with van der Waals surface area (Å²) in [5.41, 5.74) is 0. The lowest BCUT2D eigenvalue weighted by Gasteiger charge is -1.36. The van der Waals surface area contributed by atoms with Crippen molar-refractivity contribution in [1.82, 2.24) is 0 Å². The molecule has 0 aliphatic heterocycles. The molecule has 0 atom stereocenters. The van der Waals surface area contributed by atoms with Gasteiger partial charge >= 0.3 is 0 Å². The topological polar surface area (TPSA) is 51.2 Å². The van der Waals surface area contributed by atoms with Gasteiger partial charge in [0.15, 0.2) is 0 Å². The van der Waals surface area contributed by atoms with Crippen LogP contribution in [0.1, 0.15) is 6.92 Å². The molecule has 60 valence electrons. The number of carbonyl (C=O) groups excluding carboxylic acids is 1. The Bertz CT molecular complexity index is 93.2. The molecule has 0 heterocycles. The summed E-state index contributed by atoms with van der Waals surface area (Å²) in [5.74, 6) is 0. The molecule has 9 heavy (non-hydrogen) atoms. The van der Waals surface area contributed by atoms with E-state index in [2.05, 4.69) is 0 Å². The molecule has 0 rings (SSSR count). The van der Waals surface area contributed by atoms with Crippen molar-refractivity contribution >= 4 is 17.4 Å². The average molecular weight is 168 g/mol. The predicted octanol–water partition coefficient (Wildman–Crippen LogP) is -0.00750. The van der Waals surface area contributed by atoms with Gasteiger partial charge in [0.05, 0.1) is 0 Å². The molecule has 0 N–H and O–H groups in total. The van der Waals surface area contributed by atoms with Crippen LogP contribution >= 0.6 is 0 Å². The summed E-state index contributed by atoms with van der Waals surface area (Å²) in [4.78, 5) is 8.81. The van der Waals surface area contributed by atoms with Crippen molar-refractivity contribution in [3.05, 3.63) is 0 Å². The van der Waals surface area contributed by atoms with E-state index in [0.29, 0.717) is 0 Å². The molecule has 0 saturated carbocycles. The molecule has 0 aromatic carbocycles. The Kier molecular flexibility index (Phi) is 69.1. The zero-order valence-corrected chi connectivity index (χ0v) is 5.34. The molecule has 0 aromatic rings. The Labute approximate surface area is 51.8 Å². The second-order valence-corrected chi connectivity index (χ2v) is 0.873. The van der Waals surface area contributed by atoms with Crippen molar-refractivity contribution in [1.29, 1.82) is 0 Å². The monoisotopic (exact) mass is 168 g/mol. The summed E-state index contributed by atoms with van der Waals surface area (Å²) in [6.45, 7) is 1.44. The van der Waals surface area contributed by atoms with E-state index in [9.17, 15) is 3.89 Å². The number of hydrogen-bond acceptors (Lipinski definition) is 3. The lowest BCUT2D eigenvalue weighted by molar-refractivity contribution is -0.106. The Balaban J connectivity index is -0.0000000233. The molecule has 0 unspecified atom stereocenters. The number of rotatable bonds is 0. The molecule has 0 aliphatic carbocycles. The second-order valence-electron chi connectivity index (χ2n) is 0.448. The van der Waals surface area contributed by atoms with Crippen molar-refractivity contribution in [2.75, 3.05) is 0 Å². The standard InChI is InChI=1S/C2H4O.FHO2S.2FH/c1-2-3;1-4(2)3;;/h2H,1H3;4H;2*1H. The second kappa shape index (κ2) is 26.2. The Morgan fingerprint density at radius 3 is 1.33 bits per heavy atom. The highest BCUT2D eigenvalue weighted by Gasteiger charge is 1.50. The fourth-order valence-corrected chi connectivity index (χ4v) is 0. The van der Waals surface area contributed by atoms with Crippen LogP contribution < -0.4 is 0 Å². The quantitative estimate of drug-likeness (QED) is 0.314. The molecule has 3 nitrogen and oxygen atoms in total. The third-order valence-corrected chi connectivity index (χ3v) is 0. The van der Waals surface area contributed by atoms with Gasteiger partial charge in [-0.25, -0.2) is 0 Å². The Hall–Kier alpha value is -0.590. The fraction of sp³-hybridized carbons (Fsp3) is 0.500. The van der Waals surface area contributed by atoms with Gasteiger partial charge in [0.2, 0.25) is 0 Å². The first kappa shape index (κ1) is 23.7. The lowest BCUT2D eigenvalue weighted by atomic mass is 11.0. The smallest absolute Gasteiger partial charge is 0.292 e. The van der Waals surface area contributed by atoms with Crippen LogP contribution in [0.5, 0.6) is 0 Å². The number of aldehydes is 1. The maximum absolute atomic E-state index is 9.95. The molecule has 0 fully saturated rings. The molecule has 0 aromatic heterocycles. The summed E-state index contributed by atoms with van der Waals surface area (Å²) in [6, 6.07) is 0. The zero-order chi connectivity index (χ0) is 6.28. The van der Waals surface area contributed by atoms with Crippen LogP contribution in [0.2, 0.25) is 0 Å². The van der Waals surface area contributed by atoms with Crippen LogP contribution in [0.25, 0.3) is 0 Å². The number of halogens is 3. The molecule has 0 amide bonds. The zero-order valence-electron chi connectivity index (χ0n) is 4.44. The van der Waals surface area contributed by atoms with E-state index in [0.717, 1.165) is 6.29 Å². The maximum atomic E-state index is 9.95. The molecule has 7 heteroatoms. The highest BCUT2D eigenvalue weighted by Crippen LogP contribution is 1.49. The van der Waals surface area contributed by atoms with Crippen LogP contribution in [0, 0.1) is 0 Å². The summed E-state index contributed by atoms with van der Waals surface area (Å²) >= 11 is -3.62. The third kappa shape index (κ3) is 623. The van der Waals surface area contributed by atoms with Gasteiger partial charge in [-0.3, -0.25) is 9.41 Å². The van der Waals surface area contributed by atoms with E-state index in [4.69, 9.17) is 13.2 Å². The first-order valence-electron chi connectivity index (χ1n) is 1.35. The molecule has 0 saturated heterocycles. The maximum Gasteiger partial charge on any atom is 0.292 e. The number of thiol groups is 1. The van der Waals surface area contributed by atoms with E-state index in [1.807, 2.05) is 0 Å². The van der Waals surface area contributed by atoms with Gasteiger partial charge in [0, 0.05) is 0 Å². The van der Waals surface area contributed by atoms with Crippen molar-refractivity contribution in [3.8, 4) is 0 Å². The van der Waals surface area contributed by atoms with Gasteiger partial charge in [-0.1, -0.05) is 0 Å². The first-order valence-corrected chi connectivity index (χ1v) is 2.42. The lowest BCUT2D eigenvalue weighted by Crippen LogP contribution is -1.44. The first-order chi connectivity index (χ1) is 3.15. The largest absolute Gasteiger partial charge is 0.304 e. The molecular formula is C2H7F3O3S. The minimum absolute atomic E-state index is 0. The van der Waals surface area contributed by atoms with Crippen LogP contribution in [0.15, 0.2) is 0 Å². The Morgan fingerprint density at radius 1 is 1.33 bits per heavy atom. The summed E-state index contributed by atoms with van der Waals surface area (Å²) < 4.78 is 26.7. The van der Waals surface area contributed by atoms with Gasteiger partial charge < -0.3 is 4.79 Å². The van der Waals surface area contributed by atoms with Crippen LogP contribution in [-0.2, 0) is 15.9 Å². The minimum atomic E-state index is -3.62. The normalized spacial score (nSPS) is 5.22. The van der Waals surface area contributed by atoms with E-state index < -0.39 is 11.1 Å². The van der Waals surface area contributed by atoms with E-state index >= 15 is 0 Å². The van der Waals surface area contributed by atoms with Crippen LogP contribution in [0.3, 0.4) is 0 Å². The van der Waals surface area contributed by atoms with E-state index in [1.54, 1.807) is 0 Å². The van der Waals surface area contributed by atoms with Gasteiger partial charge in [-0.05, 0) is 6.92 Å². The van der Waals surface area contributed by atoms with Gasteiger partial charge in [-0.15, -0.1) is 3.89 Å². The van der Waals surface area contributed by atoms with Crippen LogP contribution in [-0.4, -0.2) is 14.7 Å². The molecular weight excluding hydrogens is 161 g/mol. The van der Waals surface area contributed by atoms with Gasteiger partial charge in [0.25, 0.3) is 11.1 Å². The highest BCUT2D eigenvalue weighted by molar-refractivity contribution is 7.66. The van der Waals surface area contributed by atoms with Crippen molar-refractivity contribution in [2.45, 2.75) is 6.92 Å². The molecule has 0 aliphatic rings. The number of hydrogen-bond donors (Lipinski definition) is 1. The Morgan fingerprint density at radius 2 is 1.33 bits per heavy atom. The summed E-state index contributed by atoms with van der Waals surface area (Å²) in [7, 11) is 0. The van der Waals surface area contributed by atoms with Crippen molar-refractivity contribution in [3.63, 3.8) is 0 Å². The van der Waals surface area contributed by atoms with E-state index in [-0.39, 0.29) is 9.41 Å². The fourth-order valence-electron chi connectivity index (χ4n) is 0. The average Bonchev–Trinajstić information content (AvgIpc) is 1.33. The van der Waals surface area contributed by atoms with Gasteiger partial charge in [-0.2, -0.15) is 8.42 Å². The van der Waals surface area contributed by atoms with E-state index in [1.165, 1.54) is 6.92 Å². The molecule has 0 radical (unpaired) electrons. The third-order valence-electron chi connectivity index (χ3n) is 0. The van der Waals surface area contributed by atoms with Crippen molar-refractivity contribution in [2.24, 2.45) is 0 Å². The number of carbonyl (C=O) groups is 1.